The van der Waals surface area contributed by atoms with Gasteiger partial charge in [-0.1, -0.05) is 162 Å². The summed E-state index contributed by atoms with van der Waals surface area (Å²) in [5.74, 6) is 0.0133. The van der Waals surface area contributed by atoms with Gasteiger partial charge in [0, 0.05) is 26.5 Å². The molecule has 6 heteroatoms. The van der Waals surface area contributed by atoms with Gasteiger partial charge in [0.15, 0.2) is 0 Å². The number of hydrogen-bond acceptors (Lipinski definition) is 6. The number of carbonyl (C=O) groups excluding carboxylic acids is 2. The Hall–Kier alpha value is -1.14. The van der Waals surface area contributed by atoms with Gasteiger partial charge in [-0.2, -0.15) is 0 Å². The fraction of sp³-hybridized carbons (Fsp3) is 0.956. The highest BCUT2D eigenvalue weighted by Crippen LogP contribution is 2.18. The van der Waals surface area contributed by atoms with Gasteiger partial charge in [0.2, 0.25) is 0 Å². The third-order valence-electron chi connectivity index (χ3n) is 10.4. The molecule has 0 N–H and O–H groups in total. The van der Waals surface area contributed by atoms with Crippen LogP contribution in [0.2, 0.25) is 0 Å². The van der Waals surface area contributed by atoms with Crippen molar-refractivity contribution < 1.29 is 23.8 Å². The number of esters is 2. The summed E-state index contributed by atoms with van der Waals surface area (Å²) < 4.78 is 16.8. The van der Waals surface area contributed by atoms with Crippen molar-refractivity contribution in [1.29, 1.82) is 0 Å². The maximum Gasteiger partial charge on any atom is 0.306 e. The average molecular weight is 724 g/mol. The normalized spacial score (nSPS) is 11.6. The quantitative estimate of drug-likeness (QED) is 0.0461. The molecule has 0 aromatic carbocycles. The fourth-order valence-electron chi connectivity index (χ4n) is 6.95. The first-order chi connectivity index (χ1) is 25.1. The standard InChI is InChI=1S/C45H89NO5/c1-5-8-11-14-17-26-33-41-50-44(47)36-29-22-18-24-31-38-46(40-42-49-4)39-32-25-19-23-30-37-45(48)51-43(34-27-20-15-12-9-6-2)35-28-21-16-13-10-7-3/h43H,5-42H2,1-4H3. The molecule has 0 fully saturated rings. The van der Waals surface area contributed by atoms with Gasteiger partial charge in [-0.05, 0) is 70.9 Å². The Morgan fingerprint density at radius 3 is 1.29 bits per heavy atom. The van der Waals surface area contributed by atoms with Crippen LogP contribution in [0.1, 0.15) is 233 Å². The van der Waals surface area contributed by atoms with Crippen LogP contribution in [0.25, 0.3) is 0 Å². The Morgan fingerprint density at radius 1 is 0.431 bits per heavy atom. The van der Waals surface area contributed by atoms with Gasteiger partial charge >= 0.3 is 11.9 Å². The van der Waals surface area contributed by atoms with E-state index >= 15 is 0 Å². The molecule has 304 valence electrons. The van der Waals surface area contributed by atoms with Crippen molar-refractivity contribution >= 4 is 11.9 Å². The SMILES string of the molecule is CCCCCCCCCOC(=O)CCCCCCCN(CCCCCCCC(=O)OC(CCCCCCCC)CCCCCCCC)CCOC. The maximum atomic E-state index is 12.7. The zero-order chi connectivity index (χ0) is 37.3. The molecule has 0 aliphatic rings. The summed E-state index contributed by atoms with van der Waals surface area (Å²) in [6, 6.07) is 0. The van der Waals surface area contributed by atoms with Gasteiger partial charge in [-0.15, -0.1) is 0 Å². The summed E-state index contributed by atoms with van der Waals surface area (Å²) in [5, 5.41) is 0. The second-order valence-corrected chi connectivity index (χ2v) is 15.4. The van der Waals surface area contributed by atoms with E-state index < -0.39 is 0 Å². The van der Waals surface area contributed by atoms with E-state index in [1.807, 2.05) is 0 Å². The van der Waals surface area contributed by atoms with Crippen molar-refractivity contribution in [3.05, 3.63) is 0 Å². The van der Waals surface area contributed by atoms with Crippen LogP contribution in [0.4, 0.5) is 0 Å². The van der Waals surface area contributed by atoms with Crippen LogP contribution in [0, 0.1) is 0 Å². The van der Waals surface area contributed by atoms with Crippen molar-refractivity contribution in [2.75, 3.05) is 40.0 Å². The Balaban J connectivity index is 4.02. The summed E-state index contributed by atoms with van der Waals surface area (Å²) in [6.07, 6.45) is 38.9. The van der Waals surface area contributed by atoms with Crippen molar-refractivity contribution in [3.8, 4) is 0 Å². The highest BCUT2D eigenvalue weighted by molar-refractivity contribution is 5.69. The zero-order valence-electron chi connectivity index (χ0n) is 34.9. The van der Waals surface area contributed by atoms with Gasteiger partial charge in [-0.25, -0.2) is 0 Å². The Labute approximate surface area is 318 Å². The number of nitrogens with zero attached hydrogens (tertiary/aromatic N) is 1. The summed E-state index contributed by atoms with van der Waals surface area (Å²) in [5.41, 5.74) is 0. The fourth-order valence-corrected chi connectivity index (χ4v) is 6.95. The molecule has 0 saturated carbocycles. The number of unbranched alkanes of at least 4 members (excludes halogenated alkanes) is 24. The molecule has 0 aliphatic carbocycles. The molecule has 0 rings (SSSR count). The minimum Gasteiger partial charge on any atom is -0.466 e. The van der Waals surface area contributed by atoms with Crippen LogP contribution in [-0.4, -0.2) is 62.9 Å². The minimum absolute atomic E-state index is 0.0158. The molecule has 0 aromatic rings. The van der Waals surface area contributed by atoms with Crippen LogP contribution < -0.4 is 0 Å². The predicted molar refractivity (Wildman–Crippen MR) is 219 cm³/mol. The molecule has 6 nitrogen and oxygen atoms in total. The lowest BCUT2D eigenvalue weighted by atomic mass is 10.0. The van der Waals surface area contributed by atoms with E-state index in [9.17, 15) is 9.59 Å². The molecular formula is C45H89NO5. The lowest BCUT2D eigenvalue weighted by Crippen LogP contribution is -2.29. The molecule has 0 radical (unpaired) electrons. The molecule has 0 aliphatic heterocycles. The van der Waals surface area contributed by atoms with Crippen LogP contribution in [-0.2, 0) is 23.8 Å². The van der Waals surface area contributed by atoms with Crippen molar-refractivity contribution in [2.24, 2.45) is 0 Å². The molecule has 0 unspecified atom stereocenters. The summed E-state index contributed by atoms with van der Waals surface area (Å²) >= 11 is 0. The second kappa shape index (κ2) is 41.6. The molecule has 0 heterocycles. The largest absolute Gasteiger partial charge is 0.466 e. The van der Waals surface area contributed by atoms with Crippen LogP contribution in [0.5, 0.6) is 0 Å². The summed E-state index contributed by atoms with van der Waals surface area (Å²) in [7, 11) is 1.79. The molecular weight excluding hydrogens is 634 g/mol. The zero-order valence-corrected chi connectivity index (χ0v) is 34.9. The van der Waals surface area contributed by atoms with Crippen LogP contribution >= 0.6 is 0 Å². The Morgan fingerprint density at radius 2 is 0.824 bits per heavy atom. The van der Waals surface area contributed by atoms with Crippen molar-refractivity contribution in [2.45, 2.75) is 239 Å². The topological polar surface area (TPSA) is 65.1 Å². The number of ether oxygens (including phenoxy) is 3. The molecule has 51 heavy (non-hydrogen) atoms. The summed E-state index contributed by atoms with van der Waals surface area (Å²) in [4.78, 5) is 27.3. The first-order valence-corrected chi connectivity index (χ1v) is 22.6. The van der Waals surface area contributed by atoms with Gasteiger partial charge in [-0.3, -0.25) is 9.59 Å². The third-order valence-corrected chi connectivity index (χ3v) is 10.4. The molecule has 0 bridgehead atoms. The molecule has 0 saturated heterocycles. The number of rotatable bonds is 42. The average Bonchev–Trinajstić information content (AvgIpc) is 3.13. The Kier molecular flexibility index (Phi) is 40.7. The smallest absolute Gasteiger partial charge is 0.306 e. The van der Waals surface area contributed by atoms with E-state index in [0.717, 1.165) is 71.2 Å². The van der Waals surface area contributed by atoms with Gasteiger partial charge in [0.25, 0.3) is 0 Å². The van der Waals surface area contributed by atoms with Gasteiger partial charge < -0.3 is 19.1 Å². The first kappa shape index (κ1) is 49.9. The minimum atomic E-state index is -0.0158. The Bertz CT molecular complexity index is 701. The third kappa shape index (κ3) is 38.4. The van der Waals surface area contributed by atoms with E-state index in [4.69, 9.17) is 14.2 Å². The van der Waals surface area contributed by atoms with Crippen molar-refractivity contribution in [1.82, 2.24) is 4.90 Å². The maximum absolute atomic E-state index is 12.7. The van der Waals surface area contributed by atoms with E-state index in [-0.39, 0.29) is 18.0 Å². The lowest BCUT2D eigenvalue weighted by Gasteiger charge is -2.22. The van der Waals surface area contributed by atoms with Crippen LogP contribution in [0.3, 0.4) is 0 Å². The van der Waals surface area contributed by atoms with E-state index in [2.05, 4.69) is 25.7 Å². The van der Waals surface area contributed by atoms with Gasteiger partial charge in [0.1, 0.15) is 6.10 Å². The molecule has 0 aromatic heterocycles. The van der Waals surface area contributed by atoms with E-state index in [1.54, 1.807) is 7.11 Å². The van der Waals surface area contributed by atoms with Crippen molar-refractivity contribution in [3.63, 3.8) is 0 Å². The van der Waals surface area contributed by atoms with E-state index in [0.29, 0.717) is 19.4 Å². The first-order valence-electron chi connectivity index (χ1n) is 22.6. The highest BCUT2D eigenvalue weighted by atomic mass is 16.5. The summed E-state index contributed by atoms with van der Waals surface area (Å²) in [6.45, 7) is 11.4. The number of methoxy groups -OCH3 is 1. The van der Waals surface area contributed by atoms with Crippen LogP contribution in [0.15, 0.2) is 0 Å². The number of carbonyl (C=O) groups is 2. The van der Waals surface area contributed by atoms with E-state index in [1.165, 1.54) is 154 Å². The highest BCUT2D eigenvalue weighted by Gasteiger charge is 2.14. The molecule has 0 spiro atoms. The lowest BCUT2D eigenvalue weighted by molar-refractivity contribution is -0.150. The monoisotopic (exact) mass is 724 g/mol. The second-order valence-electron chi connectivity index (χ2n) is 15.4. The predicted octanol–water partition coefficient (Wildman–Crippen LogP) is 13.3. The molecule has 0 atom stereocenters. The molecule has 0 amide bonds. The number of hydrogen-bond donors (Lipinski definition) is 0. The van der Waals surface area contributed by atoms with Gasteiger partial charge in [0.05, 0.1) is 13.2 Å².